The summed E-state index contributed by atoms with van der Waals surface area (Å²) in [4.78, 5) is 0. The molecule has 0 aliphatic carbocycles. The van der Waals surface area contributed by atoms with Crippen molar-refractivity contribution < 1.29 is 0 Å². The Morgan fingerprint density at radius 1 is 0.375 bits per heavy atom. The molecule has 0 atom stereocenters. The predicted molar refractivity (Wildman–Crippen MR) is 103 cm³/mol. The van der Waals surface area contributed by atoms with Crippen LogP contribution in [0.4, 0.5) is 11.4 Å². The van der Waals surface area contributed by atoms with Crippen LogP contribution in [0.25, 0.3) is 0 Å². The van der Waals surface area contributed by atoms with E-state index in [1.54, 1.807) is 0 Å². The third-order valence-corrected chi connectivity index (χ3v) is 4.39. The summed E-state index contributed by atoms with van der Waals surface area (Å²) in [6.07, 6.45) is 4.21. The van der Waals surface area contributed by atoms with Crippen LogP contribution in [0, 0.1) is 0 Å². The number of hydrogen-bond donors (Lipinski definition) is 2. The standard InChI is InChI=1S/C22H24N2/c23-21-13-9-19(10-14-21)7-5-17-1-2-18(4-3-17)6-8-20-11-15-22(24)16-12-20/h1-4,9-16H,5-8,23-24H2. The Kier molecular flexibility index (Phi) is 5.17. The fraction of sp³-hybridized carbons (Fsp3) is 0.182. The van der Waals surface area contributed by atoms with Crippen LogP contribution in [0.2, 0.25) is 0 Å². The van der Waals surface area contributed by atoms with Gasteiger partial charge >= 0.3 is 0 Å². The molecule has 0 unspecified atom stereocenters. The van der Waals surface area contributed by atoms with Crippen molar-refractivity contribution >= 4 is 11.4 Å². The summed E-state index contributed by atoms with van der Waals surface area (Å²) in [5, 5.41) is 0. The van der Waals surface area contributed by atoms with Gasteiger partial charge in [-0.1, -0.05) is 48.5 Å². The van der Waals surface area contributed by atoms with E-state index in [0.29, 0.717) is 0 Å². The molecule has 0 amide bonds. The van der Waals surface area contributed by atoms with Crippen LogP contribution in [0.5, 0.6) is 0 Å². The first-order valence-corrected chi connectivity index (χ1v) is 8.46. The molecule has 0 aliphatic rings. The first-order valence-electron chi connectivity index (χ1n) is 8.46. The summed E-state index contributed by atoms with van der Waals surface area (Å²) in [5.41, 5.74) is 18.5. The lowest BCUT2D eigenvalue weighted by Crippen LogP contribution is -1.95. The molecule has 2 heteroatoms. The second kappa shape index (κ2) is 7.69. The van der Waals surface area contributed by atoms with Crippen LogP contribution in [0.1, 0.15) is 22.3 Å². The molecule has 4 N–H and O–H groups in total. The van der Waals surface area contributed by atoms with Crippen molar-refractivity contribution in [3.63, 3.8) is 0 Å². The van der Waals surface area contributed by atoms with E-state index in [2.05, 4.69) is 48.5 Å². The van der Waals surface area contributed by atoms with Gasteiger partial charge in [-0.25, -0.2) is 0 Å². The quantitative estimate of drug-likeness (QED) is 0.661. The number of nitrogen functional groups attached to an aromatic ring is 2. The molecule has 0 saturated carbocycles. The Morgan fingerprint density at radius 2 is 0.583 bits per heavy atom. The third-order valence-electron chi connectivity index (χ3n) is 4.39. The largest absolute Gasteiger partial charge is 0.399 e. The van der Waals surface area contributed by atoms with E-state index in [4.69, 9.17) is 11.5 Å². The molecule has 24 heavy (non-hydrogen) atoms. The highest BCUT2D eigenvalue weighted by Gasteiger charge is 1.99. The smallest absolute Gasteiger partial charge is 0.0314 e. The summed E-state index contributed by atoms with van der Waals surface area (Å²) in [6.45, 7) is 0. The van der Waals surface area contributed by atoms with E-state index in [9.17, 15) is 0 Å². The van der Waals surface area contributed by atoms with Crippen molar-refractivity contribution in [2.24, 2.45) is 0 Å². The molecule has 0 aromatic heterocycles. The highest BCUT2D eigenvalue weighted by Crippen LogP contribution is 2.13. The zero-order valence-corrected chi connectivity index (χ0v) is 13.9. The highest BCUT2D eigenvalue weighted by molar-refractivity contribution is 5.40. The number of benzene rings is 3. The minimum Gasteiger partial charge on any atom is -0.399 e. The number of rotatable bonds is 6. The second-order valence-corrected chi connectivity index (χ2v) is 6.30. The minimum absolute atomic E-state index is 0.823. The Hall–Kier alpha value is -2.74. The highest BCUT2D eigenvalue weighted by atomic mass is 14.5. The molecule has 0 spiro atoms. The number of nitrogens with two attached hydrogens (primary N) is 2. The predicted octanol–water partition coefficient (Wildman–Crippen LogP) is 4.42. The topological polar surface area (TPSA) is 52.0 Å². The molecule has 122 valence electrons. The summed E-state index contributed by atoms with van der Waals surface area (Å²) in [5.74, 6) is 0. The van der Waals surface area contributed by atoms with E-state index >= 15 is 0 Å². The molecule has 3 aromatic carbocycles. The van der Waals surface area contributed by atoms with Crippen LogP contribution in [-0.2, 0) is 25.7 Å². The molecule has 0 saturated heterocycles. The number of aryl methyl sites for hydroxylation is 4. The average Bonchev–Trinajstić information content (AvgIpc) is 2.62. The Balaban J connectivity index is 1.51. The Labute approximate surface area is 144 Å². The minimum atomic E-state index is 0.823. The molecular weight excluding hydrogens is 292 g/mol. The monoisotopic (exact) mass is 316 g/mol. The molecule has 3 rings (SSSR count). The van der Waals surface area contributed by atoms with Gasteiger partial charge in [-0.15, -0.1) is 0 Å². The molecule has 0 radical (unpaired) electrons. The fourth-order valence-electron chi connectivity index (χ4n) is 2.82. The van der Waals surface area contributed by atoms with Gasteiger partial charge in [0, 0.05) is 11.4 Å². The van der Waals surface area contributed by atoms with Crippen molar-refractivity contribution in [1.29, 1.82) is 0 Å². The van der Waals surface area contributed by atoms with Gasteiger partial charge in [-0.3, -0.25) is 0 Å². The SMILES string of the molecule is Nc1ccc(CCc2ccc(CCc3ccc(N)cc3)cc2)cc1. The van der Waals surface area contributed by atoms with E-state index in [0.717, 1.165) is 37.1 Å². The van der Waals surface area contributed by atoms with Crippen LogP contribution in [-0.4, -0.2) is 0 Å². The molecule has 0 fully saturated rings. The first kappa shape index (κ1) is 16.1. The Morgan fingerprint density at radius 3 is 0.833 bits per heavy atom. The summed E-state index contributed by atoms with van der Waals surface area (Å²) in [7, 11) is 0. The van der Waals surface area contributed by atoms with E-state index in [1.165, 1.54) is 22.3 Å². The molecule has 0 heterocycles. The number of anilines is 2. The van der Waals surface area contributed by atoms with Crippen molar-refractivity contribution in [3.8, 4) is 0 Å². The lowest BCUT2D eigenvalue weighted by atomic mass is 10.00. The fourth-order valence-corrected chi connectivity index (χ4v) is 2.82. The number of hydrogen-bond acceptors (Lipinski definition) is 2. The molecule has 2 nitrogen and oxygen atoms in total. The van der Waals surface area contributed by atoms with Gasteiger partial charge in [0.05, 0.1) is 0 Å². The molecule has 0 bridgehead atoms. The van der Waals surface area contributed by atoms with Crippen LogP contribution in [0.3, 0.4) is 0 Å². The van der Waals surface area contributed by atoms with Gasteiger partial charge in [-0.05, 0) is 72.2 Å². The third kappa shape index (κ3) is 4.63. The summed E-state index contributed by atoms with van der Waals surface area (Å²) in [6, 6.07) is 25.3. The average molecular weight is 316 g/mol. The van der Waals surface area contributed by atoms with Gasteiger partial charge in [0.25, 0.3) is 0 Å². The first-order chi connectivity index (χ1) is 11.7. The van der Waals surface area contributed by atoms with Gasteiger partial charge in [-0.2, -0.15) is 0 Å². The maximum Gasteiger partial charge on any atom is 0.0314 e. The van der Waals surface area contributed by atoms with Gasteiger partial charge in [0.1, 0.15) is 0 Å². The maximum absolute atomic E-state index is 5.72. The van der Waals surface area contributed by atoms with Crippen molar-refractivity contribution in [2.45, 2.75) is 25.7 Å². The molecular formula is C22H24N2. The van der Waals surface area contributed by atoms with Crippen LogP contribution in [0.15, 0.2) is 72.8 Å². The lowest BCUT2D eigenvalue weighted by molar-refractivity contribution is 0.940. The van der Waals surface area contributed by atoms with E-state index in [1.807, 2.05) is 24.3 Å². The molecule has 3 aromatic rings. The van der Waals surface area contributed by atoms with Crippen molar-refractivity contribution in [2.75, 3.05) is 11.5 Å². The van der Waals surface area contributed by atoms with E-state index < -0.39 is 0 Å². The Bertz CT molecular complexity index is 688. The lowest BCUT2D eigenvalue weighted by Gasteiger charge is -2.06. The zero-order chi connectivity index (χ0) is 16.8. The molecule has 0 aliphatic heterocycles. The van der Waals surface area contributed by atoms with Crippen LogP contribution < -0.4 is 11.5 Å². The maximum atomic E-state index is 5.72. The van der Waals surface area contributed by atoms with Crippen LogP contribution >= 0.6 is 0 Å². The van der Waals surface area contributed by atoms with Gasteiger partial charge in [0.2, 0.25) is 0 Å². The second-order valence-electron chi connectivity index (χ2n) is 6.30. The summed E-state index contributed by atoms with van der Waals surface area (Å²) < 4.78 is 0. The normalized spacial score (nSPS) is 10.7. The van der Waals surface area contributed by atoms with Crippen molar-refractivity contribution in [3.05, 3.63) is 95.1 Å². The van der Waals surface area contributed by atoms with E-state index in [-0.39, 0.29) is 0 Å². The van der Waals surface area contributed by atoms with Gasteiger partial charge < -0.3 is 11.5 Å². The summed E-state index contributed by atoms with van der Waals surface area (Å²) >= 11 is 0. The van der Waals surface area contributed by atoms with Gasteiger partial charge in [0.15, 0.2) is 0 Å². The van der Waals surface area contributed by atoms with Crippen molar-refractivity contribution in [1.82, 2.24) is 0 Å². The zero-order valence-electron chi connectivity index (χ0n) is 13.9.